The molecule has 162 valence electrons. The van der Waals surface area contributed by atoms with Gasteiger partial charge in [-0.3, -0.25) is 9.20 Å². The number of amides is 1. The van der Waals surface area contributed by atoms with Crippen molar-refractivity contribution < 1.29 is 19.0 Å². The van der Waals surface area contributed by atoms with Crippen LogP contribution in [-0.4, -0.2) is 46.2 Å². The molecule has 0 spiro atoms. The van der Waals surface area contributed by atoms with Gasteiger partial charge in [0.05, 0.1) is 43.4 Å². The van der Waals surface area contributed by atoms with Gasteiger partial charge >= 0.3 is 0 Å². The predicted octanol–water partition coefficient (Wildman–Crippen LogP) is 3.60. The van der Waals surface area contributed by atoms with Crippen LogP contribution in [0.1, 0.15) is 49.2 Å². The van der Waals surface area contributed by atoms with Crippen molar-refractivity contribution in [3.63, 3.8) is 0 Å². The monoisotopic (exact) mass is 422 g/mol. The maximum Gasteiger partial charge on any atom is 0.260 e. The molecule has 2 aliphatic heterocycles. The number of rotatable bonds is 7. The first kappa shape index (κ1) is 19.8. The maximum atomic E-state index is 12.8. The molecular weight excluding hydrogens is 396 g/mol. The third kappa shape index (κ3) is 3.31. The standard InChI is InChI=1S/C23H26N4O4/c1-4-9-30-21-19-24-17(23-12-22(2,13-23)31-14-23)10-27(19)11-18(26-21)25-20(28)15-7-5-6-8-16(15)29-3/h5-8,10-11H,4,9,12-14H2,1-3H3,(H,25,28). The molecule has 3 aliphatic rings. The van der Waals surface area contributed by atoms with Gasteiger partial charge in [0.1, 0.15) is 5.75 Å². The second-order valence-corrected chi connectivity index (χ2v) is 8.66. The summed E-state index contributed by atoms with van der Waals surface area (Å²) >= 11 is 0. The Hall–Kier alpha value is -3.13. The van der Waals surface area contributed by atoms with Crippen molar-refractivity contribution in [3.8, 4) is 11.6 Å². The molecule has 2 aromatic heterocycles. The highest BCUT2D eigenvalue weighted by Gasteiger charge is 2.61. The smallest absolute Gasteiger partial charge is 0.260 e. The molecule has 1 N–H and O–H groups in total. The molecule has 0 radical (unpaired) electrons. The van der Waals surface area contributed by atoms with E-state index in [4.69, 9.17) is 19.2 Å². The number of aromatic nitrogens is 3. The van der Waals surface area contributed by atoms with Gasteiger partial charge in [-0.25, -0.2) is 4.98 Å². The van der Waals surface area contributed by atoms with Crippen molar-refractivity contribution in [2.24, 2.45) is 0 Å². The quantitative estimate of drug-likeness (QED) is 0.626. The van der Waals surface area contributed by atoms with E-state index in [1.165, 1.54) is 7.11 Å². The number of nitrogens with one attached hydrogen (secondary N) is 1. The lowest BCUT2D eigenvalue weighted by Crippen LogP contribution is -2.45. The van der Waals surface area contributed by atoms with Gasteiger partial charge < -0.3 is 19.5 Å². The van der Waals surface area contributed by atoms with Crippen molar-refractivity contribution >= 4 is 17.4 Å². The zero-order valence-electron chi connectivity index (χ0n) is 18.0. The molecule has 2 bridgehead atoms. The topological polar surface area (TPSA) is 87.0 Å². The lowest BCUT2D eigenvalue weighted by Gasteiger charge is -2.41. The molecule has 1 aromatic carbocycles. The zero-order chi connectivity index (χ0) is 21.6. The average molecular weight is 422 g/mol. The van der Waals surface area contributed by atoms with Gasteiger partial charge in [0, 0.05) is 11.6 Å². The molecule has 1 saturated carbocycles. The van der Waals surface area contributed by atoms with E-state index in [0.717, 1.165) is 25.0 Å². The van der Waals surface area contributed by atoms with Crippen LogP contribution in [0.3, 0.4) is 0 Å². The Morgan fingerprint density at radius 1 is 1.26 bits per heavy atom. The molecular formula is C23H26N4O4. The van der Waals surface area contributed by atoms with Crippen molar-refractivity contribution in [2.75, 3.05) is 25.6 Å². The number of fused-ring (bicyclic) bond motifs is 2. The second kappa shape index (κ2) is 7.23. The highest BCUT2D eigenvalue weighted by molar-refractivity contribution is 6.05. The SMILES string of the molecule is CCCOc1nc(NC(=O)c2ccccc2OC)cn2cc(C34COC(C)(C3)C4)nc12. The van der Waals surface area contributed by atoms with E-state index in [2.05, 4.69) is 17.2 Å². The molecule has 8 heteroatoms. The van der Waals surface area contributed by atoms with Crippen LogP contribution >= 0.6 is 0 Å². The van der Waals surface area contributed by atoms with Crippen molar-refractivity contribution in [2.45, 2.75) is 44.1 Å². The summed E-state index contributed by atoms with van der Waals surface area (Å²) in [7, 11) is 1.54. The summed E-state index contributed by atoms with van der Waals surface area (Å²) in [6.45, 7) is 5.38. The van der Waals surface area contributed by atoms with Crippen LogP contribution in [0.2, 0.25) is 0 Å². The number of benzene rings is 1. The minimum absolute atomic E-state index is 0.0243. The Labute approximate surface area is 180 Å². The Kier molecular flexibility index (Phi) is 4.62. The number of hydrogen-bond acceptors (Lipinski definition) is 6. The van der Waals surface area contributed by atoms with E-state index in [-0.39, 0.29) is 16.9 Å². The Morgan fingerprint density at radius 2 is 2.06 bits per heavy atom. The van der Waals surface area contributed by atoms with Crippen LogP contribution in [0.5, 0.6) is 11.6 Å². The van der Waals surface area contributed by atoms with Gasteiger partial charge in [0.15, 0.2) is 5.82 Å². The van der Waals surface area contributed by atoms with Crippen molar-refractivity contribution in [3.05, 3.63) is 47.9 Å². The number of ether oxygens (including phenoxy) is 3. The zero-order valence-corrected chi connectivity index (χ0v) is 18.0. The highest BCUT2D eigenvalue weighted by atomic mass is 16.5. The van der Waals surface area contributed by atoms with Gasteiger partial charge in [-0.1, -0.05) is 19.1 Å². The van der Waals surface area contributed by atoms with Gasteiger partial charge in [-0.05, 0) is 38.3 Å². The van der Waals surface area contributed by atoms with E-state index >= 15 is 0 Å². The van der Waals surface area contributed by atoms with Crippen LogP contribution in [0.4, 0.5) is 5.82 Å². The van der Waals surface area contributed by atoms with E-state index in [9.17, 15) is 4.79 Å². The third-order valence-electron chi connectivity index (χ3n) is 6.11. The largest absolute Gasteiger partial charge is 0.496 e. The Balaban J connectivity index is 1.49. The molecule has 1 amide bonds. The molecule has 31 heavy (non-hydrogen) atoms. The number of para-hydroxylation sites is 1. The summed E-state index contributed by atoms with van der Waals surface area (Å²) < 4.78 is 19.0. The lowest BCUT2D eigenvalue weighted by atomic mass is 9.62. The first-order chi connectivity index (χ1) is 15.0. The molecule has 3 fully saturated rings. The van der Waals surface area contributed by atoms with Crippen LogP contribution < -0.4 is 14.8 Å². The maximum absolute atomic E-state index is 12.8. The van der Waals surface area contributed by atoms with E-state index < -0.39 is 0 Å². The predicted molar refractivity (Wildman–Crippen MR) is 115 cm³/mol. The summed E-state index contributed by atoms with van der Waals surface area (Å²) in [5, 5.41) is 2.86. The number of imidazole rings is 1. The van der Waals surface area contributed by atoms with E-state index in [1.54, 1.807) is 24.4 Å². The van der Waals surface area contributed by atoms with E-state index in [1.807, 2.05) is 23.6 Å². The first-order valence-electron chi connectivity index (χ1n) is 10.6. The molecule has 0 unspecified atom stereocenters. The molecule has 0 atom stereocenters. The summed E-state index contributed by atoms with van der Waals surface area (Å²) in [5.74, 6) is 0.992. The average Bonchev–Trinajstić information content (AvgIpc) is 3.43. The van der Waals surface area contributed by atoms with Crippen LogP contribution in [-0.2, 0) is 10.2 Å². The molecule has 2 saturated heterocycles. The summed E-state index contributed by atoms with van der Waals surface area (Å²) in [4.78, 5) is 22.2. The molecule has 8 nitrogen and oxygen atoms in total. The number of carbonyl (C=O) groups is 1. The number of anilines is 1. The fraction of sp³-hybridized carbons (Fsp3) is 0.435. The first-order valence-corrected chi connectivity index (χ1v) is 10.6. The summed E-state index contributed by atoms with van der Waals surface area (Å²) in [5.41, 5.74) is 2.00. The number of methoxy groups -OCH3 is 1. The molecule has 4 heterocycles. The van der Waals surface area contributed by atoms with Gasteiger partial charge in [0.2, 0.25) is 5.65 Å². The Bertz CT molecular complexity index is 1150. The second-order valence-electron chi connectivity index (χ2n) is 8.66. The van der Waals surface area contributed by atoms with Crippen LogP contribution in [0.25, 0.3) is 5.65 Å². The van der Waals surface area contributed by atoms with Crippen LogP contribution in [0, 0.1) is 0 Å². The van der Waals surface area contributed by atoms with Gasteiger partial charge in [0.25, 0.3) is 11.8 Å². The summed E-state index contributed by atoms with van der Waals surface area (Å²) in [6.07, 6.45) is 6.56. The van der Waals surface area contributed by atoms with E-state index in [0.29, 0.717) is 41.9 Å². The van der Waals surface area contributed by atoms with Crippen LogP contribution in [0.15, 0.2) is 36.7 Å². The number of carbonyl (C=O) groups excluding carboxylic acids is 1. The Morgan fingerprint density at radius 3 is 2.77 bits per heavy atom. The minimum atomic E-state index is -0.302. The molecule has 1 aliphatic carbocycles. The lowest BCUT2D eigenvalue weighted by molar-refractivity contribution is 0.0154. The minimum Gasteiger partial charge on any atom is -0.496 e. The molecule has 3 aromatic rings. The molecule has 6 rings (SSSR count). The number of hydrogen-bond donors (Lipinski definition) is 1. The highest BCUT2D eigenvalue weighted by Crippen LogP contribution is 2.58. The van der Waals surface area contributed by atoms with Crippen molar-refractivity contribution in [1.29, 1.82) is 0 Å². The van der Waals surface area contributed by atoms with Crippen molar-refractivity contribution in [1.82, 2.24) is 14.4 Å². The summed E-state index contributed by atoms with van der Waals surface area (Å²) in [6, 6.07) is 7.07. The normalized spacial score (nSPS) is 24.1. The van der Waals surface area contributed by atoms with Gasteiger partial charge in [-0.15, -0.1) is 0 Å². The number of nitrogens with zero attached hydrogens (tertiary/aromatic N) is 3. The fourth-order valence-electron chi connectivity index (χ4n) is 4.75. The third-order valence-corrected chi connectivity index (χ3v) is 6.11. The van der Waals surface area contributed by atoms with Gasteiger partial charge in [-0.2, -0.15) is 4.98 Å². The fourth-order valence-corrected chi connectivity index (χ4v) is 4.75.